The van der Waals surface area contributed by atoms with Crippen LogP contribution < -0.4 is 5.73 Å². The molecule has 108 valence electrons. The van der Waals surface area contributed by atoms with E-state index in [0.29, 0.717) is 17.0 Å². The Morgan fingerprint density at radius 2 is 2.15 bits per heavy atom. The molecule has 2 heterocycles. The Bertz CT molecular complexity index is 582. The SMILES string of the molecule is CCCc1nnsc1C(N)c1cnccc1C(F)(F)F. The first kappa shape index (κ1) is 14.9. The molecule has 1 atom stereocenters. The number of aryl methyl sites for hydroxylation is 1. The van der Waals surface area contributed by atoms with Gasteiger partial charge in [0.1, 0.15) is 0 Å². The topological polar surface area (TPSA) is 64.7 Å². The maximum absolute atomic E-state index is 13.0. The molecule has 0 spiro atoms. The number of alkyl halides is 3. The summed E-state index contributed by atoms with van der Waals surface area (Å²) in [5, 5.41) is 3.93. The molecule has 0 aliphatic heterocycles. The van der Waals surface area contributed by atoms with Crippen LogP contribution in [0.15, 0.2) is 18.5 Å². The van der Waals surface area contributed by atoms with Crippen LogP contribution in [0.4, 0.5) is 13.2 Å². The fourth-order valence-corrected chi connectivity index (χ4v) is 2.63. The van der Waals surface area contributed by atoms with Gasteiger partial charge in [0.15, 0.2) is 0 Å². The summed E-state index contributed by atoms with van der Waals surface area (Å²) in [6, 6.07) is 0.0188. The maximum Gasteiger partial charge on any atom is 0.416 e. The predicted molar refractivity (Wildman–Crippen MR) is 69.2 cm³/mol. The Morgan fingerprint density at radius 3 is 2.80 bits per heavy atom. The van der Waals surface area contributed by atoms with E-state index in [9.17, 15) is 13.2 Å². The van der Waals surface area contributed by atoms with Crippen molar-refractivity contribution < 1.29 is 13.2 Å². The molecule has 0 aliphatic rings. The van der Waals surface area contributed by atoms with Crippen LogP contribution in [0.2, 0.25) is 0 Å². The number of nitrogens with two attached hydrogens (primary N) is 1. The van der Waals surface area contributed by atoms with Crippen LogP contribution in [0.5, 0.6) is 0 Å². The van der Waals surface area contributed by atoms with Gasteiger partial charge in [-0.05, 0) is 24.0 Å². The van der Waals surface area contributed by atoms with E-state index in [1.807, 2.05) is 6.92 Å². The van der Waals surface area contributed by atoms with Gasteiger partial charge < -0.3 is 5.73 Å². The zero-order chi connectivity index (χ0) is 14.8. The number of rotatable bonds is 4. The van der Waals surface area contributed by atoms with Crippen molar-refractivity contribution in [3.63, 3.8) is 0 Å². The van der Waals surface area contributed by atoms with Gasteiger partial charge in [-0.2, -0.15) is 13.2 Å². The van der Waals surface area contributed by atoms with Crippen LogP contribution in [0.25, 0.3) is 0 Å². The van der Waals surface area contributed by atoms with Crippen molar-refractivity contribution in [2.45, 2.75) is 32.0 Å². The number of nitrogens with zero attached hydrogens (tertiary/aromatic N) is 3. The van der Waals surface area contributed by atoms with Crippen molar-refractivity contribution in [1.82, 2.24) is 14.6 Å². The molecule has 0 aliphatic carbocycles. The predicted octanol–water partition coefficient (Wildman–Crippen LogP) is 2.95. The van der Waals surface area contributed by atoms with Crippen molar-refractivity contribution >= 4 is 11.5 Å². The number of halogens is 3. The quantitative estimate of drug-likeness (QED) is 0.943. The smallest absolute Gasteiger partial charge is 0.319 e. The summed E-state index contributed by atoms with van der Waals surface area (Å²) in [6.45, 7) is 1.96. The summed E-state index contributed by atoms with van der Waals surface area (Å²) < 4.78 is 42.8. The monoisotopic (exact) mass is 302 g/mol. The highest BCUT2D eigenvalue weighted by atomic mass is 32.1. The van der Waals surface area contributed by atoms with Crippen LogP contribution in [0.1, 0.15) is 41.1 Å². The maximum atomic E-state index is 13.0. The van der Waals surface area contributed by atoms with E-state index in [4.69, 9.17) is 5.73 Å². The molecule has 0 saturated carbocycles. The van der Waals surface area contributed by atoms with Gasteiger partial charge in [-0.25, -0.2) is 0 Å². The summed E-state index contributed by atoms with van der Waals surface area (Å²) in [6.07, 6.45) is -0.732. The third-order valence-corrected chi connectivity index (χ3v) is 3.70. The van der Waals surface area contributed by atoms with E-state index in [2.05, 4.69) is 14.6 Å². The van der Waals surface area contributed by atoms with E-state index < -0.39 is 17.8 Å². The molecule has 0 fully saturated rings. The lowest BCUT2D eigenvalue weighted by Crippen LogP contribution is -2.19. The fraction of sp³-hybridized carbons (Fsp3) is 0.417. The molecule has 8 heteroatoms. The Morgan fingerprint density at radius 1 is 1.40 bits per heavy atom. The van der Waals surface area contributed by atoms with E-state index >= 15 is 0 Å². The fourth-order valence-electron chi connectivity index (χ4n) is 1.92. The van der Waals surface area contributed by atoms with E-state index in [1.165, 1.54) is 0 Å². The largest absolute Gasteiger partial charge is 0.416 e. The molecule has 0 bridgehead atoms. The second kappa shape index (κ2) is 5.84. The number of hydrogen-bond donors (Lipinski definition) is 1. The van der Waals surface area contributed by atoms with Crippen LogP contribution in [-0.2, 0) is 12.6 Å². The van der Waals surface area contributed by atoms with E-state index in [0.717, 1.165) is 36.4 Å². The zero-order valence-corrected chi connectivity index (χ0v) is 11.5. The molecule has 2 rings (SSSR count). The van der Waals surface area contributed by atoms with Crippen molar-refractivity contribution in [2.24, 2.45) is 5.73 Å². The van der Waals surface area contributed by atoms with Crippen LogP contribution >= 0.6 is 11.5 Å². The van der Waals surface area contributed by atoms with Gasteiger partial charge in [-0.15, -0.1) is 5.10 Å². The lowest BCUT2D eigenvalue weighted by molar-refractivity contribution is -0.138. The standard InChI is InChI=1S/C12H13F3N4S/c1-2-3-9-11(20-19-18-9)10(16)7-6-17-5-4-8(7)12(13,14)15/h4-6,10H,2-3,16H2,1H3. The molecular formula is C12H13F3N4S. The minimum absolute atomic E-state index is 0.0524. The number of hydrogen-bond acceptors (Lipinski definition) is 5. The van der Waals surface area contributed by atoms with Gasteiger partial charge in [0.25, 0.3) is 0 Å². The summed E-state index contributed by atoms with van der Waals surface area (Å²) in [7, 11) is 0. The third kappa shape index (κ3) is 2.96. The van der Waals surface area contributed by atoms with Crippen LogP contribution in [0.3, 0.4) is 0 Å². The first-order valence-electron chi connectivity index (χ1n) is 6.03. The highest BCUT2D eigenvalue weighted by Gasteiger charge is 2.35. The van der Waals surface area contributed by atoms with Gasteiger partial charge in [-0.1, -0.05) is 17.8 Å². The lowest BCUT2D eigenvalue weighted by Gasteiger charge is -2.17. The molecule has 2 aromatic heterocycles. The highest BCUT2D eigenvalue weighted by molar-refractivity contribution is 7.05. The molecular weight excluding hydrogens is 289 g/mol. The van der Waals surface area contributed by atoms with Crippen LogP contribution in [0, 0.1) is 0 Å². The van der Waals surface area contributed by atoms with Gasteiger partial charge in [0, 0.05) is 18.0 Å². The Hall–Kier alpha value is -1.54. The third-order valence-electron chi connectivity index (χ3n) is 2.85. The summed E-state index contributed by atoms with van der Waals surface area (Å²) in [5.41, 5.74) is 5.81. The Labute approximate surface area is 118 Å². The minimum Gasteiger partial charge on any atom is -0.319 e. The molecule has 0 aromatic carbocycles. The lowest BCUT2D eigenvalue weighted by atomic mass is 10.00. The summed E-state index contributed by atoms with van der Waals surface area (Å²) in [4.78, 5) is 4.31. The molecule has 2 N–H and O–H groups in total. The van der Waals surface area contributed by atoms with Crippen molar-refractivity contribution in [3.05, 3.63) is 40.2 Å². The normalized spacial score (nSPS) is 13.4. The van der Waals surface area contributed by atoms with Gasteiger partial charge in [-0.3, -0.25) is 4.98 Å². The molecule has 20 heavy (non-hydrogen) atoms. The van der Waals surface area contributed by atoms with Crippen molar-refractivity contribution in [1.29, 1.82) is 0 Å². The van der Waals surface area contributed by atoms with Crippen LogP contribution in [-0.4, -0.2) is 14.6 Å². The number of aromatic nitrogens is 3. The first-order valence-corrected chi connectivity index (χ1v) is 6.80. The Balaban J connectivity index is 2.43. The molecule has 4 nitrogen and oxygen atoms in total. The zero-order valence-electron chi connectivity index (χ0n) is 10.7. The second-order valence-electron chi connectivity index (χ2n) is 4.27. The molecule has 0 amide bonds. The Kier molecular flexibility index (Phi) is 4.34. The van der Waals surface area contributed by atoms with Crippen molar-refractivity contribution in [2.75, 3.05) is 0 Å². The first-order chi connectivity index (χ1) is 9.45. The average Bonchev–Trinajstić information content (AvgIpc) is 2.85. The molecule has 0 saturated heterocycles. The summed E-state index contributed by atoms with van der Waals surface area (Å²) in [5.74, 6) is 0. The van der Waals surface area contributed by atoms with E-state index in [1.54, 1.807) is 0 Å². The van der Waals surface area contributed by atoms with E-state index in [-0.39, 0.29) is 5.56 Å². The average molecular weight is 302 g/mol. The minimum atomic E-state index is -4.46. The molecule has 2 aromatic rings. The van der Waals surface area contributed by atoms with Gasteiger partial charge >= 0.3 is 6.18 Å². The van der Waals surface area contributed by atoms with Gasteiger partial charge in [0.05, 0.1) is 22.2 Å². The highest BCUT2D eigenvalue weighted by Crippen LogP contribution is 2.36. The number of pyridine rings is 1. The van der Waals surface area contributed by atoms with Gasteiger partial charge in [0.2, 0.25) is 0 Å². The van der Waals surface area contributed by atoms with Crippen molar-refractivity contribution in [3.8, 4) is 0 Å². The molecule has 0 radical (unpaired) electrons. The second-order valence-corrected chi connectivity index (χ2v) is 5.06. The molecule has 1 unspecified atom stereocenters. The summed E-state index contributed by atoms with van der Waals surface area (Å²) >= 11 is 1.03.